The lowest BCUT2D eigenvalue weighted by Crippen LogP contribution is -2.31. The Morgan fingerprint density at radius 1 is 1.11 bits per heavy atom. The standard InChI is InChI=1S/C17H16Cl2N2O5S/c1-10(12-4-7-14(18)15(19)8-12)21-16(22)9-26-17(23)11-2-5-13(6-3-11)27(20,24)25/h2-8,10H,9H2,1H3,(H,21,22)(H2,20,24,25). The molecule has 0 aromatic heterocycles. The van der Waals surface area contributed by atoms with E-state index in [4.69, 9.17) is 33.1 Å². The first-order valence-corrected chi connectivity index (χ1v) is 9.92. The van der Waals surface area contributed by atoms with Crippen LogP contribution in [0.5, 0.6) is 0 Å². The molecule has 0 aliphatic heterocycles. The fourth-order valence-electron chi connectivity index (χ4n) is 2.14. The van der Waals surface area contributed by atoms with Crippen molar-refractivity contribution in [2.24, 2.45) is 5.14 Å². The van der Waals surface area contributed by atoms with Gasteiger partial charge in [-0.1, -0.05) is 29.3 Å². The molecule has 0 radical (unpaired) electrons. The highest BCUT2D eigenvalue weighted by atomic mass is 35.5. The third-order valence-electron chi connectivity index (χ3n) is 3.57. The molecule has 2 rings (SSSR count). The molecular weight excluding hydrogens is 415 g/mol. The van der Waals surface area contributed by atoms with Gasteiger partial charge in [-0.2, -0.15) is 0 Å². The topological polar surface area (TPSA) is 116 Å². The lowest BCUT2D eigenvalue weighted by molar-refractivity contribution is -0.124. The van der Waals surface area contributed by atoms with E-state index >= 15 is 0 Å². The fraction of sp³-hybridized carbons (Fsp3) is 0.176. The molecule has 0 bridgehead atoms. The van der Waals surface area contributed by atoms with E-state index in [1.165, 1.54) is 24.3 Å². The number of carbonyl (C=O) groups is 2. The zero-order chi connectivity index (χ0) is 20.2. The molecule has 7 nitrogen and oxygen atoms in total. The number of rotatable bonds is 6. The van der Waals surface area contributed by atoms with Crippen LogP contribution < -0.4 is 10.5 Å². The van der Waals surface area contributed by atoms with Crippen molar-refractivity contribution in [1.29, 1.82) is 0 Å². The van der Waals surface area contributed by atoms with E-state index in [0.717, 1.165) is 5.56 Å². The van der Waals surface area contributed by atoms with Crippen LogP contribution in [0.1, 0.15) is 28.9 Å². The molecule has 27 heavy (non-hydrogen) atoms. The van der Waals surface area contributed by atoms with Gasteiger partial charge in [0.2, 0.25) is 10.0 Å². The number of carbonyl (C=O) groups excluding carboxylic acids is 2. The van der Waals surface area contributed by atoms with E-state index in [9.17, 15) is 18.0 Å². The normalized spacial score (nSPS) is 12.3. The van der Waals surface area contributed by atoms with Crippen LogP contribution in [0.2, 0.25) is 10.0 Å². The van der Waals surface area contributed by atoms with Gasteiger partial charge in [0.25, 0.3) is 5.91 Å². The van der Waals surface area contributed by atoms with Crippen LogP contribution >= 0.6 is 23.2 Å². The Labute approximate surface area is 166 Å². The molecule has 0 saturated heterocycles. The molecule has 0 aliphatic rings. The molecule has 1 unspecified atom stereocenters. The van der Waals surface area contributed by atoms with Gasteiger partial charge in [-0.25, -0.2) is 18.4 Å². The van der Waals surface area contributed by atoms with E-state index in [0.29, 0.717) is 10.0 Å². The Bertz CT molecular complexity index is 962. The first-order chi connectivity index (χ1) is 12.6. The summed E-state index contributed by atoms with van der Waals surface area (Å²) in [5.41, 5.74) is 0.829. The maximum absolute atomic E-state index is 12.0. The quantitative estimate of drug-likeness (QED) is 0.683. The predicted octanol–water partition coefficient (Wildman–Crippen LogP) is 2.68. The molecular formula is C17H16Cl2N2O5S. The van der Waals surface area contributed by atoms with Gasteiger partial charge in [-0.3, -0.25) is 4.79 Å². The lowest BCUT2D eigenvalue weighted by atomic mass is 10.1. The number of halogens is 2. The number of hydrogen-bond acceptors (Lipinski definition) is 5. The summed E-state index contributed by atoms with van der Waals surface area (Å²) in [5, 5.41) is 8.42. The summed E-state index contributed by atoms with van der Waals surface area (Å²) in [6, 6.07) is 9.45. The Morgan fingerprint density at radius 3 is 2.30 bits per heavy atom. The van der Waals surface area contributed by atoms with Crippen molar-refractivity contribution in [3.05, 3.63) is 63.6 Å². The molecule has 10 heteroatoms. The third-order valence-corrected chi connectivity index (χ3v) is 5.24. The summed E-state index contributed by atoms with van der Waals surface area (Å²) in [6.07, 6.45) is 0. The van der Waals surface area contributed by atoms with Crippen molar-refractivity contribution in [2.45, 2.75) is 17.9 Å². The SMILES string of the molecule is CC(NC(=O)COC(=O)c1ccc(S(N)(=O)=O)cc1)c1ccc(Cl)c(Cl)c1. The minimum atomic E-state index is -3.85. The number of primary sulfonamides is 1. The molecule has 0 fully saturated rings. The molecule has 1 atom stereocenters. The molecule has 1 amide bonds. The predicted molar refractivity (Wildman–Crippen MR) is 101 cm³/mol. The van der Waals surface area contributed by atoms with Crippen LogP contribution in [0.3, 0.4) is 0 Å². The van der Waals surface area contributed by atoms with Crippen molar-refractivity contribution < 1.29 is 22.7 Å². The Hall–Kier alpha value is -2.13. The average Bonchev–Trinajstić information content (AvgIpc) is 2.61. The number of sulfonamides is 1. The number of benzene rings is 2. The molecule has 3 N–H and O–H groups in total. The molecule has 144 valence electrons. The van der Waals surface area contributed by atoms with Gasteiger partial charge >= 0.3 is 5.97 Å². The zero-order valence-electron chi connectivity index (χ0n) is 14.1. The molecule has 0 saturated carbocycles. The summed E-state index contributed by atoms with van der Waals surface area (Å²) in [6.45, 7) is 1.24. The van der Waals surface area contributed by atoms with Crippen LogP contribution in [0.15, 0.2) is 47.4 Å². The maximum Gasteiger partial charge on any atom is 0.338 e. The summed E-state index contributed by atoms with van der Waals surface area (Å²) in [7, 11) is -3.85. The van der Waals surface area contributed by atoms with Crippen LogP contribution in [0.4, 0.5) is 0 Å². The second-order valence-electron chi connectivity index (χ2n) is 5.61. The molecule has 0 heterocycles. The number of esters is 1. The molecule has 0 spiro atoms. The van der Waals surface area contributed by atoms with Crippen molar-refractivity contribution in [1.82, 2.24) is 5.32 Å². The van der Waals surface area contributed by atoms with Gasteiger partial charge in [0, 0.05) is 0 Å². The van der Waals surface area contributed by atoms with Crippen molar-refractivity contribution in [3.63, 3.8) is 0 Å². The smallest absolute Gasteiger partial charge is 0.338 e. The van der Waals surface area contributed by atoms with Crippen LogP contribution in [0.25, 0.3) is 0 Å². The Kier molecular flexibility index (Phi) is 6.83. The Morgan fingerprint density at radius 2 is 1.74 bits per heavy atom. The summed E-state index contributed by atoms with van der Waals surface area (Å²) < 4.78 is 27.3. The van der Waals surface area contributed by atoms with Crippen molar-refractivity contribution in [2.75, 3.05) is 6.61 Å². The van der Waals surface area contributed by atoms with E-state index in [2.05, 4.69) is 5.32 Å². The van der Waals surface area contributed by atoms with Gasteiger partial charge in [0.15, 0.2) is 6.61 Å². The lowest BCUT2D eigenvalue weighted by Gasteiger charge is -2.15. The molecule has 2 aromatic rings. The highest BCUT2D eigenvalue weighted by Gasteiger charge is 2.15. The highest BCUT2D eigenvalue weighted by Crippen LogP contribution is 2.25. The monoisotopic (exact) mass is 430 g/mol. The van der Waals surface area contributed by atoms with Gasteiger partial charge < -0.3 is 10.1 Å². The highest BCUT2D eigenvalue weighted by molar-refractivity contribution is 7.89. The summed E-state index contributed by atoms with van der Waals surface area (Å²) >= 11 is 11.8. The number of nitrogens with two attached hydrogens (primary N) is 1. The van der Waals surface area contributed by atoms with Gasteiger partial charge in [-0.05, 0) is 48.9 Å². The van der Waals surface area contributed by atoms with Gasteiger partial charge in [0.1, 0.15) is 0 Å². The molecule has 2 aromatic carbocycles. The largest absolute Gasteiger partial charge is 0.452 e. The fourth-order valence-corrected chi connectivity index (χ4v) is 2.97. The maximum atomic E-state index is 12.0. The first kappa shape index (κ1) is 21.2. The molecule has 0 aliphatic carbocycles. The van der Waals surface area contributed by atoms with E-state index in [-0.39, 0.29) is 16.5 Å². The van der Waals surface area contributed by atoms with E-state index in [1.807, 2.05) is 0 Å². The number of hydrogen-bond donors (Lipinski definition) is 2. The number of nitrogens with one attached hydrogen (secondary N) is 1. The first-order valence-electron chi connectivity index (χ1n) is 7.62. The van der Waals surface area contributed by atoms with Crippen molar-refractivity contribution in [3.8, 4) is 0 Å². The second-order valence-corrected chi connectivity index (χ2v) is 7.98. The van der Waals surface area contributed by atoms with Gasteiger partial charge in [-0.15, -0.1) is 0 Å². The van der Waals surface area contributed by atoms with E-state index in [1.54, 1.807) is 25.1 Å². The van der Waals surface area contributed by atoms with E-state index < -0.39 is 28.5 Å². The third kappa shape index (κ3) is 5.93. The second kappa shape index (κ2) is 8.71. The minimum Gasteiger partial charge on any atom is -0.452 e. The Balaban J connectivity index is 1.90. The van der Waals surface area contributed by atoms with Crippen LogP contribution in [-0.2, 0) is 19.6 Å². The minimum absolute atomic E-state index is 0.0905. The number of amides is 1. The average molecular weight is 431 g/mol. The van der Waals surface area contributed by atoms with Gasteiger partial charge in [0.05, 0.1) is 26.5 Å². The summed E-state index contributed by atoms with van der Waals surface area (Å²) in [4.78, 5) is 23.8. The van der Waals surface area contributed by atoms with Crippen LogP contribution in [0, 0.1) is 0 Å². The zero-order valence-corrected chi connectivity index (χ0v) is 16.4. The number of ether oxygens (including phenoxy) is 1. The summed E-state index contributed by atoms with van der Waals surface area (Å²) in [5.74, 6) is -1.28. The van der Waals surface area contributed by atoms with Crippen molar-refractivity contribution >= 4 is 45.1 Å². The van der Waals surface area contributed by atoms with Crippen LogP contribution in [-0.4, -0.2) is 26.9 Å².